The lowest BCUT2D eigenvalue weighted by atomic mass is 9.91. The highest BCUT2D eigenvalue weighted by Crippen LogP contribution is 2.22. The maximum absolute atomic E-state index is 11.3. The lowest BCUT2D eigenvalue weighted by Gasteiger charge is -2.10. The number of esters is 1. The number of hydrogen-bond acceptors (Lipinski definition) is 5. The molecule has 88 valence electrons. The normalized spacial score (nSPS) is 24.1. The Labute approximate surface area is 91.3 Å². The van der Waals surface area contributed by atoms with Gasteiger partial charge in [0.1, 0.15) is 5.92 Å². The molecule has 0 aromatic heterocycles. The van der Waals surface area contributed by atoms with Crippen LogP contribution in [0.15, 0.2) is 0 Å². The Kier molecular flexibility index (Phi) is 3.60. The van der Waals surface area contributed by atoms with Crippen LogP contribution in [0.2, 0.25) is 0 Å². The van der Waals surface area contributed by atoms with Gasteiger partial charge >= 0.3 is 5.97 Å². The molecule has 0 aromatic carbocycles. The van der Waals surface area contributed by atoms with Gasteiger partial charge in [0.25, 0.3) is 0 Å². The SMILES string of the molecule is CCOC(=O)C[C@@H]1C(=O)NC(=O)[C@H]1C(N)=O. The van der Waals surface area contributed by atoms with Crippen LogP contribution in [-0.2, 0) is 23.9 Å². The second-order valence-corrected chi connectivity index (χ2v) is 3.35. The molecule has 0 saturated carbocycles. The minimum atomic E-state index is -1.28. The van der Waals surface area contributed by atoms with E-state index in [9.17, 15) is 19.2 Å². The number of primary amides is 1. The van der Waals surface area contributed by atoms with Crippen LogP contribution in [0.1, 0.15) is 13.3 Å². The van der Waals surface area contributed by atoms with E-state index >= 15 is 0 Å². The van der Waals surface area contributed by atoms with E-state index in [0.29, 0.717) is 0 Å². The number of rotatable bonds is 4. The minimum Gasteiger partial charge on any atom is -0.466 e. The van der Waals surface area contributed by atoms with Gasteiger partial charge in [0.05, 0.1) is 18.9 Å². The van der Waals surface area contributed by atoms with Gasteiger partial charge in [-0.2, -0.15) is 0 Å². The number of ether oxygens (including phenoxy) is 1. The van der Waals surface area contributed by atoms with Gasteiger partial charge in [-0.3, -0.25) is 24.5 Å². The van der Waals surface area contributed by atoms with Crippen LogP contribution in [0.4, 0.5) is 0 Å². The zero-order chi connectivity index (χ0) is 12.3. The van der Waals surface area contributed by atoms with Gasteiger partial charge in [-0.1, -0.05) is 0 Å². The van der Waals surface area contributed by atoms with Crippen LogP contribution < -0.4 is 11.1 Å². The van der Waals surface area contributed by atoms with Crippen molar-refractivity contribution >= 4 is 23.7 Å². The molecule has 7 heteroatoms. The molecular weight excluding hydrogens is 216 g/mol. The first-order valence-corrected chi connectivity index (χ1v) is 4.77. The van der Waals surface area contributed by atoms with E-state index < -0.39 is 35.5 Å². The molecule has 0 unspecified atom stereocenters. The van der Waals surface area contributed by atoms with Crippen molar-refractivity contribution in [1.29, 1.82) is 0 Å². The van der Waals surface area contributed by atoms with Gasteiger partial charge < -0.3 is 10.5 Å². The second-order valence-electron chi connectivity index (χ2n) is 3.35. The molecule has 0 spiro atoms. The van der Waals surface area contributed by atoms with Gasteiger partial charge in [-0.05, 0) is 6.92 Å². The predicted molar refractivity (Wildman–Crippen MR) is 50.6 cm³/mol. The number of imide groups is 1. The second kappa shape index (κ2) is 4.73. The fourth-order valence-corrected chi connectivity index (χ4v) is 1.56. The number of amides is 3. The van der Waals surface area contributed by atoms with E-state index in [0.717, 1.165) is 0 Å². The number of nitrogens with one attached hydrogen (secondary N) is 1. The average molecular weight is 228 g/mol. The standard InChI is InChI=1S/C9H12N2O5/c1-2-16-5(12)3-4-6(7(10)13)9(15)11-8(4)14/h4,6H,2-3H2,1H3,(H2,10,13)(H,11,14,15)/t4-,6+/m0/s1. The first kappa shape index (κ1) is 12.2. The molecule has 0 bridgehead atoms. The summed E-state index contributed by atoms with van der Waals surface area (Å²) in [6.45, 7) is 1.78. The van der Waals surface area contributed by atoms with Crippen molar-refractivity contribution in [1.82, 2.24) is 5.32 Å². The molecule has 0 aromatic rings. The Bertz CT molecular complexity index is 352. The largest absolute Gasteiger partial charge is 0.466 e. The number of hydrogen-bond donors (Lipinski definition) is 2. The molecule has 3 N–H and O–H groups in total. The zero-order valence-electron chi connectivity index (χ0n) is 8.69. The molecule has 0 aliphatic carbocycles. The fraction of sp³-hybridized carbons (Fsp3) is 0.556. The molecule has 1 saturated heterocycles. The van der Waals surface area contributed by atoms with E-state index in [1.165, 1.54) is 0 Å². The predicted octanol–water partition coefficient (Wildman–Crippen LogP) is -1.69. The number of carbonyl (C=O) groups excluding carboxylic acids is 4. The topological polar surface area (TPSA) is 116 Å². The van der Waals surface area contributed by atoms with E-state index in [4.69, 9.17) is 5.73 Å². The van der Waals surface area contributed by atoms with Gasteiger partial charge in [0, 0.05) is 0 Å². The summed E-state index contributed by atoms with van der Waals surface area (Å²) < 4.78 is 4.63. The van der Waals surface area contributed by atoms with E-state index in [-0.39, 0.29) is 13.0 Å². The average Bonchev–Trinajstić information content (AvgIpc) is 2.41. The molecule has 1 heterocycles. The van der Waals surface area contributed by atoms with Crippen molar-refractivity contribution < 1.29 is 23.9 Å². The molecule has 1 aliphatic rings. The maximum Gasteiger partial charge on any atom is 0.306 e. The number of carbonyl (C=O) groups is 4. The quantitative estimate of drug-likeness (QED) is 0.338. The summed E-state index contributed by atoms with van der Waals surface area (Å²) in [5.74, 6) is -5.31. The zero-order valence-corrected chi connectivity index (χ0v) is 8.69. The summed E-state index contributed by atoms with van der Waals surface area (Å²) in [5.41, 5.74) is 4.99. The third-order valence-corrected chi connectivity index (χ3v) is 2.27. The lowest BCUT2D eigenvalue weighted by Crippen LogP contribution is -2.34. The Morgan fingerprint density at radius 3 is 2.50 bits per heavy atom. The number of nitrogens with two attached hydrogens (primary N) is 1. The molecular formula is C9H12N2O5. The van der Waals surface area contributed by atoms with Gasteiger partial charge in [-0.15, -0.1) is 0 Å². The molecule has 3 amide bonds. The minimum absolute atomic E-state index is 0.169. The Hall–Kier alpha value is -1.92. The smallest absolute Gasteiger partial charge is 0.306 e. The molecule has 16 heavy (non-hydrogen) atoms. The Morgan fingerprint density at radius 2 is 2.00 bits per heavy atom. The molecule has 1 rings (SSSR count). The molecule has 1 fully saturated rings. The highest BCUT2D eigenvalue weighted by Gasteiger charge is 2.46. The van der Waals surface area contributed by atoms with Crippen molar-refractivity contribution in [2.45, 2.75) is 13.3 Å². The van der Waals surface area contributed by atoms with Crippen LogP contribution in [-0.4, -0.2) is 30.3 Å². The van der Waals surface area contributed by atoms with E-state index in [1.807, 2.05) is 5.32 Å². The summed E-state index contributed by atoms with van der Waals surface area (Å²) in [6, 6.07) is 0. The first-order chi connectivity index (χ1) is 7.47. The monoisotopic (exact) mass is 228 g/mol. The molecule has 2 atom stereocenters. The van der Waals surface area contributed by atoms with Crippen LogP contribution >= 0.6 is 0 Å². The van der Waals surface area contributed by atoms with Crippen LogP contribution in [0.25, 0.3) is 0 Å². The van der Waals surface area contributed by atoms with Crippen molar-refractivity contribution in [3.8, 4) is 0 Å². The van der Waals surface area contributed by atoms with E-state index in [2.05, 4.69) is 4.74 Å². The molecule has 7 nitrogen and oxygen atoms in total. The van der Waals surface area contributed by atoms with Crippen molar-refractivity contribution in [2.24, 2.45) is 17.6 Å². The van der Waals surface area contributed by atoms with Gasteiger partial charge in [0.2, 0.25) is 17.7 Å². The summed E-state index contributed by atoms with van der Waals surface area (Å²) in [4.78, 5) is 44.6. The van der Waals surface area contributed by atoms with Crippen molar-refractivity contribution in [3.05, 3.63) is 0 Å². The maximum atomic E-state index is 11.3. The van der Waals surface area contributed by atoms with E-state index in [1.54, 1.807) is 6.92 Å². The molecule has 0 radical (unpaired) electrons. The Balaban J connectivity index is 2.76. The molecule has 1 aliphatic heterocycles. The van der Waals surface area contributed by atoms with Gasteiger partial charge in [0.15, 0.2) is 0 Å². The van der Waals surface area contributed by atoms with Crippen molar-refractivity contribution in [3.63, 3.8) is 0 Å². The summed E-state index contributed by atoms with van der Waals surface area (Å²) in [6.07, 6.45) is -0.320. The van der Waals surface area contributed by atoms with Crippen molar-refractivity contribution in [2.75, 3.05) is 6.61 Å². The van der Waals surface area contributed by atoms with Crippen LogP contribution in [0.3, 0.4) is 0 Å². The van der Waals surface area contributed by atoms with Crippen LogP contribution in [0.5, 0.6) is 0 Å². The summed E-state index contributed by atoms with van der Waals surface area (Å²) in [7, 11) is 0. The Morgan fingerprint density at radius 1 is 1.38 bits per heavy atom. The van der Waals surface area contributed by atoms with Crippen LogP contribution in [0, 0.1) is 11.8 Å². The van der Waals surface area contributed by atoms with Gasteiger partial charge in [-0.25, -0.2) is 0 Å². The third kappa shape index (κ3) is 2.36. The first-order valence-electron chi connectivity index (χ1n) is 4.77. The highest BCUT2D eigenvalue weighted by atomic mass is 16.5. The summed E-state index contributed by atoms with van der Waals surface area (Å²) in [5, 5.41) is 1.96. The fourth-order valence-electron chi connectivity index (χ4n) is 1.56. The highest BCUT2D eigenvalue weighted by molar-refractivity contribution is 6.15. The lowest BCUT2D eigenvalue weighted by molar-refractivity contribution is -0.146. The third-order valence-electron chi connectivity index (χ3n) is 2.27. The summed E-state index contributed by atoms with van der Waals surface area (Å²) >= 11 is 0.